The molecule has 0 saturated carbocycles. The molecule has 0 aromatic rings. The molecule has 0 N–H and O–H groups in total. The van der Waals surface area contributed by atoms with Gasteiger partial charge in [0, 0.05) is 12.4 Å². The molecular formula is C6H7KO2. The van der Waals surface area contributed by atoms with Crippen LogP contribution in [0.2, 0.25) is 0 Å². The van der Waals surface area contributed by atoms with Gasteiger partial charge in [0.05, 0.1) is 0 Å². The van der Waals surface area contributed by atoms with Crippen molar-refractivity contribution < 1.29 is 61.3 Å². The Morgan fingerprint density at radius 2 is 2.22 bits per heavy atom. The number of carbonyl (C=O) groups is 1. The Hall–Kier alpha value is 0.666. The van der Waals surface area contributed by atoms with Crippen molar-refractivity contribution in [2.45, 2.75) is 19.8 Å². The summed E-state index contributed by atoms with van der Waals surface area (Å²) in [5, 5.41) is 9.70. The molecule has 0 saturated heterocycles. The van der Waals surface area contributed by atoms with Gasteiger partial charge in [-0.05, 0) is 13.3 Å². The minimum Gasteiger partial charge on any atom is -0.550 e. The van der Waals surface area contributed by atoms with Crippen LogP contribution < -0.4 is 56.5 Å². The first kappa shape index (κ1) is 12.4. The number of hydrogen-bond acceptors (Lipinski definition) is 2. The van der Waals surface area contributed by atoms with Crippen LogP contribution in [0, 0.1) is 11.8 Å². The van der Waals surface area contributed by atoms with Crippen LogP contribution in [0.15, 0.2) is 0 Å². The van der Waals surface area contributed by atoms with Gasteiger partial charge in [0.1, 0.15) is 0 Å². The molecule has 0 amide bonds. The SMILES string of the molecule is CC#CCCC(=O)[O-].[K+]. The minimum atomic E-state index is -1.03. The van der Waals surface area contributed by atoms with Crippen LogP contribution in [0.3, 0.4) is 0 Å². The van der Waals surface area contributed by atoms with Gasteiger partial charge in [-0.1, -0.05) is 0 Å². The molecule has 0 radical (unpaired) electrons. The summed E-state index contributed by atoms with van der Waals surface area (Å²) in [7, 11) is 0. The summed E-state index contributed by atoms with van der Waals surface area (Å²) in [6, 6.07) is 0. The van der Waals surface area contributed by atoms with Gasteiger partial charge in [-0.3, -0.25) is 0 Å². The third-order valence-electron chi connectivity index (χ3n) is 0.631. The van der Waals surface area contributed by atoms with E-state index in [0.717, 1.165) is 0 Å². The number of carboxylic acid groups (broad SMARTS) is 1. The van der Waals surface area contributed by atoms with Crippen molar-refractivity contribution in [1.29, 1.82) is 0 Å². The number of carboxylic acids is 1. The van der Waals surface area contributed by atoms with Gasteiger partial charge >= 0.3 is 51.4 Å². The average molecular weight is 150 g/mol. The summed E-state index contributed by atoms with van der Waals surface area (Å²) in [5.41, 5.74) is 0. The van der Waals surface area contributed by atoms with Crippen molar-refractivity contribution in [1.82, 2.24) is 0 Å². The molecule has 0 atom stereocenters. The number of aliphatic carboxylic acids is 1. The molecule has 0 bridgehead atoms. The summed E-state index contributed by atoms with van der Waals surface area (Å²) in [4.78, 5) is 9.70. The molecule has 0 unspecified atom stereocenters. The van der Waals surface area contributed by atoms with Crippen LogP contribution in [-0.4, -0.2) is 5.97 Å². The Kier molecular flexibility index (Phi) is 11.9. The number of carbonyl (C=O) groups excluding carboxylic acids is 1. The topological polar surface area (TPSA) is 40.1 Å². The molecule has 0 rings (SSSR count). The number of hydrogen-bond donors (Lipinski definition) is 0. The summed E-state index contributed by atoms with van der Waals surface area (Å²) in [6.45, 7) is 1.68. The summed E-state index contributed by atoms with van der Waals surface area (Å²) >= 11 is 0. The van der Waals surface area contributed by atoms with E-state index in [9.17, 15) is 9.90 Å². The van der Waals surface area contributed by atoms with Crippen molar-refractivity contribution in [2.75, 3.05) is 0 Å². The Balaban J connectivity index is 0. The van der Waals surface area contributed by atoms with Gasteiger partial charge in [0.15, 0.2) is 0 Å². The fourth-order valence-corrected chi connectivity index (χ4v) is 0.290. The van der Waals surface area contributed by atoms with Crippen LogP contribution in [-0.2, 0) is 4.79 Å². The van der Waals surface area contributed by atoms with E-state index >= 15 is 0 Å². The van der Waals surface area contributed by atoms with Gasteiger partial charge in [0.25, 0.3) is 0 Å². The zero-order valence-corrected chi connectivity index (χ0v) is 8.85. The predicted octanol–water partition coefficient (Wildman–Crippen LogP) is -3.46. The average Bonchev–Trinajstić information content (AvgIpc) is 1.66. The molecule has 0 aromatic carbocycles. The Labute approximate surface area is 97.4 Å². The predicted molar refractivity (Wildman–Crippen MR) is 27.7 cm³/mol. The maximum atomic E-state index is 9.70. The molecule has 0 heterocycles. The quantitative estimate of drug-likeness (QED) is 0.303. The fourth-order valence-electron chi connectivity index (χ4n) is 0.290. The van der Waals surface area contributed by atoms with Crippen LogP contribution in [0.5, 0.6) is 0 Å². The van der Waals surface area contributed by atoms with E-state index in [1.54, 1.807) is 6.92 Å². The van der Waals surface area contributed by atoms with Crippen molar-refractivity contribution in [3.05, 3.63) is 0 Å². The molecule has 3 heteroatoms. The first-order valence-corrected chi connectivity index (χ1v) is 2.37. The zero-order chi connectivity index (χ0) is 6.41. The van der Waals surface area contributed by atoms with Crippen molar-refractivity contribution in [3.8, 4) is 11.8 Å². The first-order chi connectivity index (χ1) is 3.77. The van der Waals surface area contributed by atoms with Gasteiger partial charge in [0.2, 0.25) is 0 Å². The van der Waals surface area contributed by atoms with Gasteiger partial charge in [-0.2, -0.15) is 0 Å². The second kappa shape index (κ2) is 8.67. The minimum absolute atomic E-state index is 0. The fraction of sp³-hybridized carbons (Fsp3) is 0.500. The Morgan fingerprint density at radius 3 is 2.56 bits per heavy atom. The molecule has 2 nitrogen and oxygen atoms in total. The zero-order valence-electron chi connectivity index (χ0n) is 5.73. The van der Waals surface area contributed by atoms with E-state index in [2.05, 4.69) is 11.8 Å². The van der Waals surface area contributed by atoms with Crippen LogP contribution in [0.4, 0.5) is 0 Å². The molecule has 0 aliphatic rings. The molecule has 0 fully saturated rings. The molecule has 0 spiro atoms. The van der Waals surface area contributed by atoms with Crippen LogP contribution >= 0.6 is 0 Å². The molecule has 0 aliphatic carbocycles. The second-order valence-corrected chi connectivity index (χ2v) is 1.30. The van der Waals surface area contributed by atoms with E-state index < -0.39 is 5.97 Å². The first-order valence-electron chi connectivity index (χ1n) is 2.37. The van der Waals surface area contributed by atoms with E-state index in [1.807, 2.05) is 0 Å². The van der Waals surface area contributed by atoms with E-state index in [4.69, 9.17) is 0 Å². The second-order valence-electron chi connectivity index (χ2n) is 1.30. The van der Waals surface area contributed by atoms with E-state index in [-0.39, 0.29) is 57.8 Å². The smallest absolute Gasteiger partial charge is 0.550 e. The van der Waals surface area contributed by atoms with Crippen LogP contribution in [0.1, 0.15) is 19.8 Å². The Bertz CT molecular complexity index is 132. The number of rotatable bonds is 2. The van der Waals surface area contributed by atoms with Crippen molar-refractivity contribution in [2.24, 2.45) is 0 Å². The maximum absolute atomic E-state index is 9.70. The van der Waals surface area contributed by atoms with Gasteiger partial charge < -0.3 is 9.90 Å². The van der Waals surface area contributed by atoms with Crippen molar-refractivity contribution in [3.63, 3.8) is 0 Å². The standard InChI is InChI=1S/C6H8O2.K/c1-2-3-4-5-6(7)8;/h4-5H2,1H3,(H,7,8);/q;+1/p-1. The molecule has 0 aromatic heterocycles. The monoisotopic (exact) mass is 150 g/mol. The summed E-state index contributed by atoms with van der Waals surface area (Å²) in [6.07, 6.45) is 0.444. The summed E-state index contributed by atoms with van der Waals surface area (Å²) in [5.74, 6) is 4.16. The third-order valence-corrected chi connectivity index (χ3v) is 0.631. The molecule has 9 heavy (non-hydrogen) atoms. The molecule has 0 aliphatic heterocycles. The van der Waals surface area contributed by atoms with Crippen molar-refractivity contribution >= 4 is 5.97 Å². The van der Waals surface area contributed by atoms with Gasteiger partial charge in [-0.25, -0.2) is 0 Å². The Morgan fingerprint density at radius 1 is 1.67 bits per heavy atom. The van der Waals surface area contributed by atoms with Gasteiger partial charge in [-0.15, -0.1) is 11.8 Å². The normalized spacial score (nSPS) is 6.33. The van der Waals surface area contributed by atoms with Crippen LogP contribution in [0.25, 0.3) is 0 Å². The maximum Gasteiger partial charge on any atom is 1.00 e. The largest absolute Gasteiger partial charge is 1.00 e. The molecular weight excluding hydrogens is 143 g/mol. The van der Waals surface area contributed by atoms with E-state index in [0.29, 0.717) is 6.42 Å². The van der Waals surface area contributed by atoms with E-state index in [1.165, 1.54) is 0 Å². The third kappa shape index (κ3) is 12.0. The molecule has 44 valence electrons. The summed E-state index contributed by atoms with van der Waals surface area (Å²) < 4.78 is 0.